The Balaban J connectivity index is 1.86. The van der Waals surface area contributed by atoms with Crippen molar-refractivity contribution >= 4 is 32.9 Å². The van der Waals surface area contributed by atoms with Gasteiger partial charge in [-0.15, -0.1) is 11.3 Å². The third kappa shape index (κ3) is 2.47. The van der Waals surface area contributed by atoms with E-state index in [1.54, 1.807) is 11.3 Å². The van der Waals surface area contributed by atoms with Crippen molar-refractivity contribution in [2.75, 3.05) is 37.8 Å². The minimum atomic E-state index is 0.632. The van der Waals surface area contributed by atoms with Gasteiger partial charge in [-0.3, -0.25) is 0 Å². The molecule has 20 heavy (non-hydrogen) atoms. The number of likely N-dealkylation sites (N-methyl/N-ethyl adjacent to an activating group) is 2. The Bertz CT molecular complexity index is 622. The first-order valence-electron chi connectivity index (χ1n) is 7.12. The average molecular weight is 290 g/mol. The molecule has 5 heteroatoms. The number of benzene rings is 1. The van der Waals surface area contributed by atoms with Crippen LogP contribution in [0.4, 0.5) is 11.4 Å². The summed E-state index contributed by atoms with van der Waals surface area (Å²) in [5.41, 5.74) is 9.24. The van der Waals surface area contributed by atoms with Gasteiger partial charge in [0.15, 0.2) is 0 Å². The number of nitrogens with two attached hydrogens (primary N) is 1. The molecule has 1 aromatic carbocycles. The van der Waals surface area contributed by atoms with Crippen molar-refractivity contribution in [2.24, 2.45) is 0 Å². The van der Waals surface area contributed by atoms with Crippen molar-refractivity contribution in [3.63, 3.8) is 0 Å². The zero-order valence-corrected chi connectivity index (χ0v) is 13.2. The van der Waals surface area contributed by atoms with E-state index < -0.39 is 0 Å². The Morgan fingerprint density at radius 3 is 3.00 bits per heavy atom. The molecule has 1 aliphatic rings. The fourth-order valence-corrected chi connectivity index (χ4v) is 3.91. The Labute approximate surface area is 124 Å². The molecule has 4 nitrogen and oxygen atoms in total. The van der Waals surface area contributed by atoms with Crippen molar-refractivity contribution in [3.05, 3.63) is 17.1 Å². The van der Waals surface area contributed by atoms with Crippen LogP contribution in [0.5, 0.6) is 0 Å². The third-order valence-electron chi connectivity index (χ3n) is 4.21. The molecule has 1 atom stereocenters. The number of nitrogens with zero attached hydrogens (tertiary/aromatic N) is 3. The summed E-state index contributed by atoms with van der Waals surface area (Å²) >= 11 is 1.70. The van der Waals surface area contributed by atoms with Crippen molar-refractivity contribution in [1.29, 1.82) is 0 Å². The molecule has 0 bridgehead atoms. The maximum atomic E-state index is 6.23. The smallest absolute Gasteiger partial charge is 0.0907 e. The van der Waals surface area contributed by atoms with Crippen molar-refractivity contribution < 1.29 is 0 Å². The normalized spacial score (nSPS) is 19.9. The Morgan fingerprint density at radius 1 is 1.50 bits per heavy atom. The molecule has 0 amide bonds. The Morgan fingerprint density at radius 2 is 2.30 bits per heavy atom. The van der Waals surface area contributed by atoms with Crippen molar-refractivity contribution in [3.8, 4) is 0 Å². The molecule has 2 heterocycles. The lowest BCUT2D eigenvalue weighted by Crippen LogP contribution is -2.36. The summed E-state index contributed by atoms with van der Waals surface area (Å²) in [6.07, 6.45) is 2.58. The first kappa shape index (κ1) is 13.6. The number of anilines is 2. The molecule has 1 fully saturated rings. The molecule has 3 rings (SSSR count). The number of likely N-dealkylation sites (tertiary alicyclic amines) is 1. The number of aryl methyl sites for hydroxylation is 1. The van der Waals surface area contributed by atoms with Crippen LogP contribution in [0.25, 0.3) is 10.2 Å². The molecule has 0 saturated carbocycles. The number of hydrogen-bond acceptors (Lipinski definition) is 5. The molecular formula is C15H22N4S. The summed E-state index contributed by atoms with van der Waals surface area (Å²) in [5, 5.41) is 1.09. The molecule has 0 radical (unpaired) electrons. The predicted octanol–water partition coefficient (Wildman–Crippen LogP) is 2.72. The third-order valence-corrected chi connectivity index (χ3v) is 5.14. The summed E-state index contributed by atoms with van der Waals surface area (Å²) in [4.78, 5) is 9.29. The molecule has 0 spiro atoms. The summed E-state index contributed by atoms with van der Waals surface area (Å²) in [5.74, 6) is 0. The van der Waals surface area contributed by atoms with Crippen LogP contribution in [0.3, 0.4) is 0 Å². The van der Waals surface area contributed by atoms with Gasteiger partial charge in [-0.1, -0.05) is 0 Å². The van der Waals surface area contributed by atoms with E-state index in [0.717, 1.165) is 28.4 Å². The van der Waals surface area contributed by atoms with Gasteiger partial charge in [0.2, 0.25) is 0 Å². The Kier molecular flexibility index (Phi) is 3.56. The lowest BCUT2D eigenvalue weighted by Gasteiger charge is -2.28. The maximum Gasteiger partial charge on any atom is 0.0907 e. The first-order valence-corrected chi connectivity index (χ1v) is 7.94. The quantitative estimate of drug-likeness (QED) is 0.883. The lowest BCUT2D eigenvalue weighted by atomic mass is 10.2. The highest BCUT2D eigenvalue weighted by atomic mass is 32.1. The van der Waals surface area contributed by atoms with Crippen molar-refractivity contribution in [1.82, 2.24) is 9.88 Å². The highest BCUT2D eigenvalue weighted by molar-refractivity contribution is 7.18. The number of rotatable bonds is 3. The van der Waals surface area contributed by atoms with Crippen LogP contribution in [0, 0.1) is 6.92 Å². The minimum absolute atomic E-state index is 0.632. The fourth-order valence-electron chi connectivity index (χ4n) is 3.05. The number of nitrogen functional groups attached to an aromatic ring is 1. The second-order valence-corrected chi connectivity index (χ2v) is 7.00. The molecule has 1 saturated heterocycles. The molecular weight excluding hydrogens is 268 g/mol. The zero-order chi connectivity index (χ0) is 14.3. The Hall–Kier alpha value is -1.33. The molecule has 2 N–H and O–H groups in total. The van der Waals surface area contributed by atoms with E-state index in [1.165, 1.54) is 24.1 Å². The largest absolute Gasteiger partial charge is 0.397 e. The fraction of sp³-hybridized carbons (Fsp3) is 0.533. The minimum Gasteiger partial charge on any atom is -0.397 e. The van der Waals surface area contributed by atoms with Crippen LogP contribution in [0.1, 0.15) is 17.8 Å². The van der Waals surface area contributed by atoms with Gasteiger partial charge in [0.1, 0.15) is 0 Å². The predicted molar refractivity (Wildman–Crippen MR) is 87.7 cm³/mol. The second-order valence-electron chi connectivity index (χ2n) is 5.77. The number of fused-ring (bicyclic) bond motifs is 1. The number of aromatic nitrogens is 1. The zero-order valence-electron chi connectivity index (χ0n) is 12.4. The summed E-state index contributed by atoms with van der Waals surface area (Å²) in [6, 6.07) is 4.82. The second kappa shape index (κ2) is 5.22. The van der Waals surface area contributed by atoms with Gasteiger partial charge in [-0.2, -0.15) is 0 Å². The van der Waals surface area contributed by atoms with E-state index in [2.05, 4.69) is 41.0 Å². The molecule has 1 aliphatic heterocycles. The number of thiazole rings is 1. The lowest BCUT2D eigenvalue weighted by molar-refractivity contribution is 0.314. The molecule has 1 unspecified atom stereocenters. The van der Waals surface area contributed by atoms with Gasteiger partial charge in [0, 0.05) is 19.6 Å². The topological polar surface area (TPSA) is 45.4 Å². The first-order chi connectivity index (χ1) is 9.54. The summed E-state index contributed by atoms with van der Waals surface area (Å²) < 4.78 is 1.18. The van der Waals surface area contributed by atoms with Crippen LogP contribution >= 0.6 is 11.3 Å². The van der Waals surface area contributed by atoms with E-state index in [0.29, 0.717) is 6.04 Å². The highest BCUT2D eigenvalue weighted by Gasteiger charge is 2.23. The van der Waals surface area contributed by atoms with Gasteiger partial charge in [0.25, 0.3) is 0 Å². The van der Waals surface area contributed by atoms with Gasteiger partial charge < -0.3 is 15.5 Å². The average Bonchev–Trinajstić information content (AvgIpc) is 2.93. The monoisotopic (exact) mass is 290 g/mol. The van der Waals surface area contributed by atoms with E-state index in [1.807, 2.05) is 6.92 Å². The van der Waals surface area contributed by atoms with Gasteiger partial charge in [-0.25, -0.2) is 4.98 Å². The summed E-state index contributed by atoms with van der Waals surface area (Å²) in [7, 11) is 4.34. The van der Waals surface area contributed by atoms with Gasteiger partial charge in [0.05, 0.1) is 26.6 Å². The standard InChI is InChI=1S/C15H22N4S/c1-10-17-13-8-14(12(16)7-15(13)20-10)19(3)9-11-5-4-6-18(11)2/h7-8,11H,4-6,9,16H2,1-3H3. The van der Waals surface area contributed by atoms with Crippen LogP contribution in [-0.4, -0.2) is 43.1 Å². The van der Waals surface area contributed by atoms with Gasteiger partial charge in [-0.05, 0) is 45.5 Å². The molecule has 108 valence electrons. The molecule has 0 aliphatic carbocycles. The molecule has 1 aromatic heterocycles. The van der Waals surface area contributed by atoms with Gasteiger partial charge >= 0.3 is 0 Å². The van der Waals surface area contributed by atoms with E-state index in [-0.39, 0.29) is 0 Å². The van der Waals surface area contributed by atoms with Crippen LogP contribution < -0.4 is 10.6 Å². The number of hydrogen-bond donors (Lipinski definition) is 1. The van der Waals surface area contributed by atoms with Crippen LogP contribution in [0.15, 0.2) is 12.1 Å². The van der Waals surface area contributed by atoms with Crippen LogP contribution in [-0.2, 0) is 0 Å². The SMILES string of the molecule is Cc1nc2cc(N(C)CC3CCCN3C)c(N)cc2s1. The van der Waals surface area contributed by atoms with Crippen LogP contribution in [0.2, 0.25) is 0 Å². The van der Waals surface area contributed by atoms with E-state index in [4.69, 9.17) is 5.73 Å². The van der Waals surface area contributed by atoms with Crippen molar-refractivity contribution in [2.45, 2.75) is 25.8 Å². The molecule has 2 aromatic rings. The van der Waals surface area contributed by atoms with E-state index >= 15 is 0 Å². The highest BCUT2D eigenvalue weighted by Crippen LogP contribution is 2.32. The summed E-state index contributed by atoms with van der Waals surface area (Å²) in [6.45, 7) is 4.27. The van der Waals surface area contributed by atoms with E-state index in [9.17, 15) is 0 Å². The maximum absolute atomic E-state index is 6.23.